The molecule has 1 aliphatic rings. The Kier molecular flexibility index (Phi) is 5.07. The van der Waals surface area contributed by atoms with E-state index in [1.165, 1.54) is 0 Å². The van der Waals surface area contributed by atoms with Crippen molar-refractivity contribution in [1.29, 1.82) is 0 Å². The highest BCUT2D eigenvalue weighted by atomic mass is 32.2. The molecule has 0 amide bonds. The summed E-state index contributed by atoms with van der Waals surface area (Å²) < 4.78 is 27.7. The van der Waals surface area contributed by atoms with E-state index in [0.717, 1.165) is 37.8 Å². The van der Waals surface area contributed by atoms with Crippen molar-refractivity contribution in [2.75, 3.05) is 7.05 Å². The molecule has 0 saturated heterocycles. The quantitative estimate of drug-likeness (QED) is 0.879. The van der Waals surface area contributed by atoms with E-state index < -0.39 is 10.0 Å². The zero-order chi connectivity index (χ0) is 15.5. The van der Waals surface area contributed by atoms with Crippen molar-refractivity contribution < 1.29 is 8.42 Å². The average Bonchev–Trinajstić information content (AvgIpc) is 2.42. The van der Waals surface area contributed by atoms with Gasteiger partial charge in [0.25, 0.3) is 0 Å². The maximum atomic E-state index is 12.4. The van der Waals surface area contributed by atoms with Crippen molar-refractivity contribution in [1.82, 2.24) is 10.0 Å². The van der Waals surface area contributed by atoms with Gasteiger partial charge in [0.15, 0.2) is 0 Å². The molecule has 0 radical (unpaired) electrons. The van der Waals surface area contributed by atoms with E-state index in [9.17, 15) is 8.42 Å². The summed E-state index contributed by atoms with van der Waals surface area (Å²) in [6, 6.07) is 7.15. The molecule has 1 saturated carbocycles. The van der Waals surface area contributed by atoms with Gasteiger partial charge in [0.1, 0.15) is 0 Å². The van der Waals surface area contributed by atoms with Crippen LogP contribution in [0.15, 0.2) is 29.2 Å². The molecule has 1 aromatic carbocycles. The van der Waals surface area contributed by atoms with E-state index in [2.05, 4.69) is 23.9 Å². The standard InChI is InChI=1S/C16H26N2O2S/c1-16(2)10-8-14(9-11-16)18-21(19,20)15-6-4-13(5-7-15)12-17-3/h4-7,14,17-18H,8-12H2,1-3H3. The van der Waals surface area contributed by atoms with Gasteiger partial charge in [0, 0.05) is 12.6 Å². The van der Waals surface area contributed by atoms with Crippen molar-refractivity contribution >= 4 is 10.0 Å². The highest BCUT2D eigenvalue weighted by Gasteiger charge is 2.29. The maximum Gasteiger partial charge on any atom is 0.240 e. The van der Waals surface area contributed by atoms with Crippen LogP contribution < -0.4 is 10.0 Å². The van der Waals surface area contributed by atoms with Crippen molar-refractivity contribution in [3.63, 3.8) is 0 Å². The number of nitrogens with one attached hydrogen (secondary N) is 2. The van der Waals surface area contributed by atoms with Crippen LogP contribution in [0.4, 0.5) is 0 Å². The Labute approximate surface area is 128 Å². The van der Waals surface area contributed by atoms with Gasteiger partial charge in [-0.2, -0.15) is 0 Å². The third-order valence-corrected chi connectivity index (χ3v) is 5.81. The highest BCUT2D eigenvalue weighted by Crippen LogP contribution is 2.35. The summed E-state index contributed by atoms with van der Waals surface area (Å²) in [6.45, 7) is 5.24. The van der Waals surface area contributed by atoms with Gasteiger partial charge < -0.3 is 5.32 Å². The number of rotatable bonds is 5. The molecular weight excluding hydrogens is 284 g/mol. The fourth-order valence-corrected chi connectivity index (χ4v) is 4.10. The van der Waals surface area contributed by atoms with Gasteiger partial charge in [0.2, 0.25) is 10.0 Å². The Balaban J connectivity index is 2.01. The molecule has 0 unspecified atom stereocenters. The maximum absolute atomic E-state index is 12.4. The molecule has 0 aromatic heterocycles. The summed E-state index contributed by atoms with van der Waals surface area (Å²) in [4.78, 5) is 0.354. The SMILES string of the molecule is CNCc1ccc(S(=O)(=O)NC2CCC(C)(C)CC2)cc1. The molecule has 0 bridgehead atoms. The van der Waals surface area contributed by atoms with Gasteiger partial charge in [-0.3, -0.25) is 0 Å². The third kappa shape index (κ3) is 4.53. The summed E-state index contributed by atoms with van der Waals surface area (Å²) in [5.74, 6) is 0. The molecule has 0 aliphatic heterocycles. The van der Waals surface area contributed by atoms with E-state index in [1.54, 1.807) is 12.1 Å². The van der Waals surface area contributed by atoms with E-state index in [1.807, 2.05) is 19.2 Å². The van der Waals surface area contributed by atoms with Gasteiger partial charge in [-0.05, 0) is 55.8 Å². The Hall–Kier alpha value is -0.910. The zero-order valence-corrected chi connectivity index (χ0v) is 14.0. The van der Waals surface area contributed by atoms with Crippen LogP contribution in [-0.2, 0) is 16.6 Å². The van der Waals surface area contributed by atoms with Gasteiger partial charge >= 0.3 is 0 Å². The van der Waals surface area contributed by atoms with Crippen molar-refractivity contribution in [2.24, 2.45) is 5.41 Å². The zero-order valence-electron chi connectivity index (χ0n) is 13.1. The second kappa shape index (κ2) is 6.46. The minimum absolute atomic E-state index is 0.0695. The van der Waals surface area contributed by atoms with Crippen LogP contribution in [0, 0.1) is 5.41 Å². The van der Waals surface area contributed by atoms with Crippen LogP contribution in [0.3, 0.4) is 0 Å². The second-order valence-electron chi connectivity index (χ2n) is 6.73. The molecule has 1 aliphatic carbocycles. The molecule has 21 heavy (non-hydrogen) atoms. The molecule has 2 N–H and O–H groups in total. The summed E-state index contributed by atoms with van der Waals surface area (Å²) >= 11 is 0. The lowest BCUT2D eigenvalue weighted by Crippen LogP contribution is -2.39. The second-order valence-corrected chi connectivity index (χ2v) is 8.45. The Morgan fingerprint density at radius 3 is 2.24 bits per heavy atom. The molecule has 4 nitrogen and oxygen atoms in total. The normalized spacial score (nSPS) is 19.6. The van der Waals surface area contributed by atoms with Crippen molar-refractivity contribution in [3.8, 4) is 0 Å². The molecular formula is C16H26N2O2S. The first-order chi connectivity index (χ1) is 9.82. The van der Waals surface area contributed by atoms with E-state index in [4.69, 9.17) is 0 Å². The predicted molar refractivity (Wildman–Crippen MR) is 85.6 cm³/mol. The van der Waals surface area contributed by atoms with Crippen molar-refractivity contribution in [2.45, 2.75) is 57.0 Å². The largest absolute Gasteiger partial charge is 0.316 e. The lowest BCUT2D eigenvalue weighted by atomic mass is 9.76. The van der Waals surface area contributed by atoms with E-state index in [-0.39, 0.29) is 6.04 Å². The number of hydrogen-bond donors (Lipinski definition) is 2. The van der Waals surface area contributed by atoms with Crippen LogP contribution in [-0.4, -0.2) is 21.5 Å². The van der Waals surface area contributed by atoms with Gasteiger partial charge in [-0.25, -0.2) is 13.1 Å². The molecule has 0 spiro atoms. The summed E-state index contributed by atoms with van der Waals surface area (Å²) in [7, 11) is -1.53. The monoisotopic (exact) mass is 310 g/mol. The van der Waals surface area contributed by atoms with Gasteiger partial charge in [-0.1, -0.05) is 26.0 Å². The van der Waals surface area contributed by atoms with Gasteiger partial charge in [-0.15, -0.1) is 0 Å². The summed E-state index contributed by atoms with van der Waals surface area (Å²) in [6.07, 6.45) is 3.98. The van der Waals surface area contributed by atoms with E-state index >= 15 is 0 Å². The fraction of sp³-hybridized carbons (Fsp3) is 0.625. The van der Waals surface area contributed by atoms with Crippen LogP contribution in [0.2, 0.25) is 0 Å². The lowest BCUT2D eigenvalue weighted by molar-refractivity contribution is 0.218. The number of benzene rings is 1. The third-order valence-electron chi connectivity index (χ3n) is 4.28. The molecule has 1 fully saturated rings. The lowest BCUT2D eigenvalue weighted by Gasteiger charge is -2.34. The predicted octanol–water partition coefficient (Wildman–Crippen LogP) is 2.65. The summed E-state index contributed by atoms with van der Waals surface area (Å²) in [5, 5.41) is 3.05. The highest BCUT2D eigenvalue weighted by molar-refractivity contribution is 7.89. The van der Waals surface area contributed by atoms with Crippen LogP contribution in [0.1, 0.15) is 45.1 Å². The Morgan fingerprint density at radius 2 is 1.71 bits per heavy atom. The minimum atomic E-state index is -3.40. The molecule has 5 heteroatoms. The first-order valence-corrected chi connectivity index (χ1v) is 9.07. The van der Waals surface area contributed by atoms with Crippen LogP contribution in [0.5, 0.6) is 0 Å². The molecule has 118 valence electrons. The molecule has 1 aromatic rings. The first-order valence-electron chi connectivity index (χ1n) is 7.58. The van der Waals surface area contributed by atoms with E-state index in [0.29, 0.717) is 10.3 Å². The fourth-order valence-electron chi connectivity index (χ4n) is 2.80. The average molecular weight is 310 g/mol. The Bertz CT molecular complexity index is 554. The number of sulfonamides is 1. The molecule has 0 atom stereocenters. The van der Waals surface area contributed by atoms with Crippen molar-refractivity contribution in [3.05, 3.63) is 29.8 Å². The molecule has 0 heterocycles. The first kappa shape index (κ1) is 16.5. The summed E-state index contributed by atoms with van der Waals surface area (Å²) in [5.41, 5.74) is 1.42. The topological polar surface area (TPSA) is 58.2 Å². The van der Waals surface area contributed by atoms with Crippen LogP contribution in [0.25, 0.3) is 0 Å². The smallest absolute Gasteiger partial charge is 0.240 e. The van der Waals surface area contributed by atoms with Crippen LogP contribution >= 0.6 is 0 Å². The van der Waals surface area contributed by atoms with Gasteiger partial charge in [0.05, 0.1) is 4.90 Å². The number of hydrogen-bond acceptors (Lipinski definition) is 3. The molecule has 2 rings (SSSR count). The Morgan fingerprint density at radius 1 is 1.14 bits per heavy atom. The minimum Gasteiger partial charge on any atom is -0.316 e.